The average Bonchev–Trinajstić information content (AvgIpc) is 2.63. The van der Waals surface area contributed by atoms with Crippen LogP contribution in [0.4, 0.5) is 0 Å². The molecular formula is C11H20N2O3. The molecule has 2 N–H and O–H groups in total. The van der Waals surface area contributed by atoms with Crippen molar-refractivity contribution >= 4 is 11.8 Å². The van der Waals surface area contributed by atoms with Crippen molar-refractivity contribution in [3.63, 3.8) is 0 Å². The van der Waals surface area contributed by atoms with Gasteiger partial charge < -0.3 is 15.4 Å². The van der Waals surface area contributed by atoms with Gasteiger partial charge in [-0.15, -0.1) is 0 Å². The lowest BCUT2D eigenvalue weighted by Crippen LogP contribution is -2.39. The van der Waals surface area contributed by atoms with Gasteiger partial charge in [0.1, 0.15) is 6.61 Å². The van der Waals surface area contributed by atoms with E-state index in [4.69, 9.17) is 10.5 Å². The number of nitrogens with zero attached hydrogens (tertiary/aromatic N) is 1. The first-order valence-electron chi connectivity index (χ1n) is 5.65. The molecule has 5 nitrogen and oxygen atoms in total. The van der Waals surface area contributed by atoms with Gasteiger partial charge in [-0.3, -0.25) is 9.59 Å². The summed E-state index contributed by atoms with van der Waals surface area (Å²) in [6, 6.07) is 0. The van der Waals surface area contributed by atoms with Crippen molar-refractivity contribution in [1.29, 1.82) is 0 Å². The summed E-state index contributed by atoms with van der Waals surface area (Å²) in [5, 5.41) is 0. The molecule has 0 radical (unpaired) electrons. The van der Waals surface area contributed by atoms with Crippen LogP contribution in [0.1, 0.15) is 26.7 Å². The van der Waals surface area contributed by atoms with Crippen molar-refractivity contribution in [3.8, 4) is 0 Å². The number of carbonyl (C=O) groups excluding carboxylic acids is 2. The fourth-order valence-corrected chi connectivity index (χ4v) is 1.77. The zero-order valence-electron chi connectivity index (χ0n) is 9.99. The molecule has 1 unspecified atom stereocenters. The Morgan fingerprint density at radius 3 is 2.69 bits per heavy atom. The van der Waals surface area contributed by atoms with Crippen LogP contribution < -0.4 is 5.73 Å². The molecule has 5 heteroatoms. The first-order valence-corrected chi connectivity index (χ1v) is 5.65. The first kappa shape index (κ1) is 13.0. The Morgan fingerprint density at radius 1 is 1.50 bits per heavy atom. The molecule has 0 saturated carbocycles. The standard InChI is InChI=1S/C11H20N2O3/c1-3-6-16-7-9(14)13-5-4-11(2,8-13)10(12)15/h3-8H2,1-2H3,(H2,12,15). The molecule has 0 aromatic rings. The maximum absolute atomic E-state index is 11.7. The van der Waals surface area contributed by atoms with Crippen molar-refractivity contribution in [1.82, 2.24) is 4.90 Å². The van der Waals surface area contributed by atoms with Gasteiger partial charge in [-0.25, -0.2) is 0 Å². The number of carbonyl (C=O) groups is 2. The van der Waals surface area contributed by atoms with E-state index in [0.717, 1.165) is 6.42 Å². The number of rotatable bonds is 5. The van der Waals surface area contributed by atoms with Gasteiger partial charge in [-0.2, -0.15) is 0 Å². The molecule has 1 aliphatic heterocycles. The first-order chi connectivity index (χ1) is 7.49. The Kier molecular flexibility index (Phi) is 4.29. The zero-order valence-corrected chi connectivity index (χ0v) is 9.99. The summed E-state index contributed by atoms with van der Waals surface area (Å²) in [5.41, 5.74) is 4.74. The topological polar surface area (TPSA) is 72.6 Å². The fourth-order valence-electron chi connectivity index (χ4n) is 1.77. The van der Waals surface area contributed by atoms with E-state index in [-0.39, 0.29) is 18.4 Å². The molecule has 2 amide bonds. The second kappa shape index (κ2) is 5.30. The highest BCUT2D eigenvalue weighted by atomic mass is 16.5. The molecule has 0 bridgehead atoms. The molecule has 16 heavy (non-hydrogen) atoms. The second-order valence-corrected chi connectivity index (χ2v) is 4.54. The largest absolute Gasteiger partial charge is 0.372 e. The molecule has 0 aromatic heterocycles. The third-order valence-electron chi connectivity index (χ3n) is 2.99. The smallest absolute Gasteiger partial charge is 0.248 e. The van der Waals surface area contributed by atoms with Gasteiger partial charge in [0.05, 0.1) is 5.41 Å². The van der Waals surface area contributed by atoms with Crippen LogP contribution in [0.15, 0.2) is 0 Å². The van der Waals surface area contributed by atoms with Crippen molar-refractivity contribution in [2.75, 3.05) is 26.3 Å². The number of likely N-dealkylation sites (tertiary alicyclic amines) is 1. The van der Waals surface area contributed by atoms with E-state index in [2.05, 4.69) is 0 Å². The molecule has 1 rings (SSSR count). The number of hydrogen-bond donors (Lipinski definition) is 1. The lowest BCUT2D eigenvalue weighted by Gasteiger charge is -2.20. The van der Waals surface area contributed by atoms with Gasteiger partial charge >= 0.3 is 0 Å². The van der Waals surface area contributed by atoms with E-state index in [1.54, 1.807) is 11.8 Å². The van der Waals surface area contributed by atoms with E-state index in [1.807, 2.05) is 6.92 Å². The third kappa shape index (κ3) is 2.95. The van der Waals surface area contributed by atoms with Crippen LogP contribution in [0.2, 0.25) is 0 Å². The number of ether oxygens (including phenoxy) is 1. The zero-order chi connectivity index (χ0) is 12.2. The minimum Gasteiger partial charge on any atom is -0.372 e. The maximum Gasteiger partial charge on any atom is 0.248 e. The maximum atomic E-state index is 11.7. The highest BCUT2D eigenvalue weighted by Gasteiger charge is 2.40. The van der Waals surface area contributed by atoms with Gasteiger partial charge in [0.2, 0.25) is 11.8 Å². The molecule has 1 aliphatic rings. The lowest BCUT2D eigenvalue weighted by atomic mass is 9.89. The fraction of sp³-hybridized carbons (Fsp3) is 0.818. The van der Waals surface area contributed by atoms with Crippen molar-refractivity contribution in [2.45, 2.75) is 26.7 Å². The van der Waals surface area contributed by atoms with E-state index in [9.17, 15) is 9.59 Å². The normalized spacial score (nSPS) is 24.8. The number of amides is 2. The molecule has 0 aliphatic carbocycles. The molecule has 1 atom stereocenters. The molecule has 1 saturated heterocycles. The molecule has 92 valence electrons. The van der Waals surface area contributed by atoms with E-state index < -0.39 is 5.41 Å². The van der Waals surface area contributed by atoms with Gasteiger partial charge in [0.25, 0.3) is 0 Å². The monoisotopic (exact) mass is 228 g/mol. The highest BCUT2D eigenvalue weighted by Crippen LogP contribution is 2.29. The van der Waals surface area contributed by atoms with Crippen LogP contribution in [0.25, 0.3) is 0 Å². The Bertz CT molecular complexity index is 280. The summed E-state index contributed by atoms with van der Waals surface area (Å²) >= 11 is 0. The van der Waals surface area contributed by atoms with Crippen LogP contribution in [-0.4, -0.2) is 43.0 Å². The summed E-state index contributed by atoms with van der Waals surface area (Å²) in [6.45, 7) is 5.49. The summed E-state index contributed by atoms with van der Waals surface area (Å²) in [6.07, 6.45) is 1.54. The van der Waals surface area contributed by atoms with E-state index in [1.165, 1.54) is 0 Å². The van der Waals surface area contributed by atoms with Crippen molar-refractivity contribution < 1.29 is 14.3 Å². The predicted octanol–water partition coefficient (Wildman–Crippen LogP) is 0.137. The van der Waals surface area contributed by atoms with Gasteiger partial charge in [0.15, 0.2) is 0 Å². The van der Waals surface area contributed by atoms with Crippen LogP contribution in [0, 0.1) is 5.41 Å². The van der Waals surface area contributed by atoms with Crippen LogP contribution >= 0.6 is 0 Å². The third-order valence-corrected chi connectivity index (χ3v) is 2.99. The summed E-state index contributed by atoms with van der Waals surface area (Å²) in [4.78, 5) is 24.5. The van der Waals surface area contributed by atoms with Crippen molar-refractivity contribution in [3.05, 3.63) is 0 Å². The Labute approximate surface area is 95.9 Å². The molecule has 1 heterocycles. The van der Waals surface area contributed by atoms with E-state index in [0.29, 0.717) is 26.1 Å². The molecular weight excluding hydrogens is 208 g/mol. The van der Waals surface area contributed by atoms with Gasteiger partial charge in [-0.1, -0.05) is 6.92 Å². The van der Waals surface area contributed by atoms with Crippen LogP contribution in [0.5, 0.6) is 0 Å². The average molecular weight is 228 g/mol. The highest BCUT2D eigenvalue weighted by molar-refractivity contribution is 5.84. The SMILES string of the molecule is CCCOCC(=O)N1CCC(C)(C(N)=O)C1. The van der Waals surface area contributed by atoms with Gasteiger partial charge in [0, 0.05) is 19.7 Å². The minimum absolute atomic E-state index is 0.0570. The van der Waals surface area contributed by atoms with Gasteiger partial charge in [-0.05, 0) is 19.8 Å². The lowest BCUT2D eigenvalue weighted by molar-refractivity contribution is -0.136. The quantitative estimate of drug-likeness (QED) is 0.680. The Morgan fingerprint density at radius 2 is 2.19 bits per heavy atom. The summed E-state index contributed by atoms with van der Waals surface area (Å²) in [5.74, 6) is -0.393. The second-order valence-electron chi connectivity index (χ2n) is 4.54. The van der Waals surface area contributed by atoms with Crippen molar-refractivity contribution in [2.24, 2.45) is 11.1 Å². The number of nitrogens with two attached hydrogens (primary N) is 1. The Balaban J connectivity index is 2.41. The molecule has 1 fully saturated rings. The molecule has 0 aromatic carbocycles. The molecule has 0 spiro atoms. The summed E-state index contributed by atoms with van der Waals surface area (Å²) < 4.78 is 5.18. The number of primary amides is 1. The number of hydrogen-bond acceptors (Lipinski definition) is 3. The minimum atomic E-state index is -0.569. The van der Waals surface area contributed by atoms with E-state index >= 15 is 0 Å². The van der Waals surface area contributed by atoms with Crippen LogP contribution in [0.3, 0.4) is 0 Å². The predicted molar refractivity (Wildman–Crippen MR) is 59.6 cm³/mol. The Hall–Kier alpha value is -1.10. The van der Waals surface area contributed by atoms with Crippen LogP contribution in [-0.2, 0) is 14.3 Å². The summed E-state index contributed by atoms with van der Waals surface area (Å²) in [7, 11) is 0.